The number of aryl methyl sites for hydroxylation is 2. The third-order valence-corrected chi connectivity index (χ3v) is 6.35. The number of unbranched alkanes of at least 4 members (excludes halogenated alkanes) is 5. The lowest BCUT2D eigenvalue weighted by atomic mass is 9.82. The number of ether oxygens (including phenoxy) is 1. The van der Waals surface area contributed by atoms with Crippen LogP contribution in [-0.4, -0.2) is 24.3 Å². The Hall–Kier alpha value is -2.91. The standard InChI is InChI=1S/C30H36O3/c1-33-29(30(31)32)28(26-21-12-7-13-22-26)27-23-15-14-20-25(27)19-11-5-3-2-4-8-16-24-17-9-6-10-18-24/h6-7,9-10,12-15,17-18,20-23,28-29H,2-5,8,11,16,19H2,1H3,(H,31,32). The van der Waals surface area contributed by atoms with Gasteiger partial charge in [0.05, 0.1) is 0 Å². The molecule has 0 spiro atoms. The van der Waals surface area contributed by atoms with Gasteiger partial charge in [-0.25, -0.2) is 4.79 Å². The van der Waals surface area contributed by atoms with Crippen molar-refractivity contribution in [3.8, 4) is 0 Å². The third kappa shape index (κ3) is 7.57. The Kier molecular flexibility index (Phi) is 10.2. The number of carboxylic acids is 1. The normalized spacial score (nSPS) is 12.9. The zero-order valence-electron chi connectivity index (χ0n) is 19.7. The van der Waals surface area contributed by atoms with Gasteiger partial charge in [0.15, 0.2) is 6.10 Å². The number of carbonyl (C=O) groups is 1. The van der Waals surface area contributed by atoms with Crippen LogP contribution in [0.25, 0.3) is 0 Å². The first-order chi connectivity index (χ1) is 16.2. The van der Waals surface area contributed by atoms with Gasteiger partial charge in [0.1, 0.15) is 0 Å². The second kappa shape index (κ2) is 13.6. The highest BCUT2D eigenvalue weighted by molar-refractivity contribution is 5.75. The summed E-state index contributed by atoms with van der Waals surface area (Å²) in [5, 5.41) is 9.82. The van der Waals surface area contributed by atoms with E-state index >= 15 is 0 Å². The Morgan fingerprint density at radius 3 is 1.91 bits per heavy atom. The largest absolute Gasteiger partial charge is 0.479 e. The molecule has 2 unspecified atom stereocenters. The smallest absolute Gasteiger partial charge is 0.333 e. The number of hydrogen-bond acceptors (Lipinski definition) is 2. The number of methoxy groups -OCH3 is 1. The summed E-state index contributed by atoms with van der Waals surface area (Å²) >= 11 is 0. The first-order valence-corrected chi connectivity index (χ1v) is 12.1. The molecule has 3 aromatic carbocycles. The van der Waals surface area contributed by atoms with Crippen molar-refractivity contribution in [3.63, 3.8) is 0 Å². The number of aliphatic carboxylic acids is 1. The molecule has 0 fully saturated rings. The van der Waals surface area contributed by atoms with E-state index in [9.17, 15) is 9.90 Å². The molecule has 33 heavy (non-hydrogen) atoms. The summed E-state index contributed by atoms with van der Waals surface area (Å²) in [5.41, 5.74) is 4.68. The molecule has 0 amide bonds. The lowest BCUT2D eigenvalue weighted by Crippen LogP contribution is -2.31. The minimum absolute atomic E-state index is 0.331. The average molecular weight is 445 g/mol. The summed E-state index contributed by atoms with van der Waals surface area (Å²) in [7, 11) is 1.48. The van der Waals surface area contributed by atoms with Crippen LogP contribution in [0.1, 0.15) is 66.7 Å². The topological polar surface area (TPSA) is 46.5 Å². The van der Waals surface area contributed by atoms with Gasteiger partial charge in [-0.2, -0.15) is 0 Å². The number of hydrogen-bond donors (Lipinski definition) is 1. The van der Waals surface area contributed by atoms with Gasteiger partial charge >= 0.3 is 5.97 Å². The van der Waals surface area contributed by atoms with E-state index in [1.54, 1.807) is 0 Å². The van der Waals surface area contributed by atoms with Gasteiger partial charge in [0, 0.05) is 13.0 Å². The van der Waals surface area contributed by atoms with Crippen molar-refractivity contribution in [1.82, 2.24) is 0 Å². The first-order valence-electron chi connectivity index (χ1n) is 12.1. The molecule has 1 N–H and O–H groups in total. The zero-order chi connectivity index (χ0) is 23.3. The Morgan fingerprint density at radius 1 is 0.727 bits per heavy atom. The average Bonchev–Trinajstić information content (AvgIpc) is 2.85. The molecule has 0 aromatic heterocycles. The van der Waals surface area contributed by atoms with Crippen molar-refractivity contribution >= 4 is 5.97 Å². The summed E-state index contributed by atoms with van der Waals surface area (Å²) in [4.78, 5) is 12.0. The molecule has 3 aromatic rings. The van der Waals surface area contributed by atoms with Crippen LogP contribution in [-0.2, 0) is 22.4 Å². The van der Waals surface area contributed by atoms with Crippen molar-refractivity contribution in [2.75, 3.05) is 7.11 Å². The monoisotopic (exact) mass is 444 g/mol. The predicted octanol–water partition coefficient (Wildman–Crippen LogP) is 7.04. The molecule has 0 heterocycles. The number of carboxylic acid groups (broad SMARTS) is 1. The molecule has 174 valence electrons. The van der Waals surface area contributed by atoms with Crippen LogP contribution < -0.4 is 0 Å². The summed E-state index contributed by atoms with van der Waals surface area (Å²) in [5.74, 6) is -1.26. The van der Waals surface area contributed by atoms with E-state index in [0.29, 0.717) is 0 Å². The highest BCUT2D eigenvalue weighted by atomic mass is 16.5. The quantitative estimate of drug-likeness (QED) is 0.271. The van der Waals surface area contributed by atoms with Gasteiger partial charge in [0.2, 0.25) is 0 Å². The summed E-state index contributed by atoms with van der Waals surface area (Å²) in [6.07, 6.45) is 8.55. The molecule has 3 heteroatoms. The van der Waals surface area contributed by atoms with Crippen molar-refractivity contribution in [1.29, 1.82) is 0 Å². The maximum atomic E-state index is 12.0. The summed E-state index contributed by atoms with van der Waals surface area (Å²) < 4.78 is 5.45. The molecule has 3 rings (SSSR count). The minimum Gasteiger partial charge on any atom is -0.479 e. The third-order valence-electron chi connectivity index (χ3n) is 6.35. The van der Waals surface area contributed by atoms with Gasteiger partial charge in [-0.15, -0.1) is 0 Å². The summed E-state index contributed by atoms with van der Waals surface area (Å²) in [6.45, 7) is 0. The Bertz CT molecular complexity index is 953. The first kappa shape index (κ1) is 24.7. The fraction of sp³-hybridized carbons (Fsp3) is 0.367. The van der Waals surface area contributed by atoms with E-state index in [1.807, 2.05) is 42.5 Å². The SMILES string of the molecule is COC(C(=O)O)C(c1ccccc1)c1ccccc1CCCCCCCCc1ccccc1. The second-order valence-corrected chi connectivity index (χ2v) is 8.69. The Balaban J connectivity index is 1.54. The van der Waals surface area contributed by atoms with Crippen LogP contribution in [0.3, 0.4) is 0 Å². The maximum Gasteiger partial charge on any atom is 0.333 e. The highest BCUT2D eigenvalue weighted by Crippen LogP contribution is 2.33. The van der Waals surface area contributed by atoms with E-state index in [0.717, 1.165) is 24.0 Å². The fourth-order valence-electron chi connectivity index (χ4n) is 4.62. The van der Waals surface area contributed by atoms with E-state index in [4.69, 9.17) is 4.74 Å². The molecule has 0 aliphatic rings. The summed E-state index contributed by atoms with van der Waals surface area (Å²) in [6, 6.07) is 28.8. The minimum atomic E-state index is -0.934. The fourth-order valence-corrected chi connectivity index (χ4v) is 4.62. The van der Waals surface area contributed by atoms with Crippen molar-refractivity contribution in [2.45, 2.75) is 63.4 Å². The van der Waals surface area contributed by atoms with E-state index < -0.39 is 12.1 Å². The Labute approximate surface area is 198 Å². The lowest BCUT2D eigenvalue weighted by molar-refractivity contribution is -0.149. The number of benzene rings is 3. The van der Waals surface area contributed by atoms with E-state index in [-0.39, 0.29) is 5.92 Å². The van der Waals surface area contributed by atoms with Gasteiger partial charge in [-0.3, -0.25) is 0 Å². The van der Waals surface area contributed by atoms with E-state index in [1.165, 1.54) is 56.8 Å². The van der Waals surface area contributed by atoms with Crippen LogP contribution >= 0.6 is 0 Å². The van der Waals surface area contributed by atoms with Crippen molar-refractivity contribution in [3.05, 3.63) is 107 Å². The van der Waals surface area contributed by atoms with Crippen molar-refractivity contribution in [2.24, 2.45) is 0 Å². The molecule has 0 aliphatic heterocycles. The molecular formula is C30H36O3. The Morgan fingerprint density at radius 2 is 1.27 bits per heavy atom. The molecule has 0 bridgehead atoms. The molecule has 0 radical (unpaired) electrons. The molecule has 0 saturated carbocycles. The van der Waals surface area contributed by atoms with Gasteiger partial charge in [0.25, 0.3) is 0 Å². The van der Waals surface area contributed by atoms with E-state index in [2.05, 4.69) is 42.5 Å². The van der Waals surface area contributed by atoms with Gasteiger partial charge < -0.3 is 9.84 Å². The van der Waals surface area contributed by atoms with Crippen LogP contribution in [0, 0.1) is 0 Å². The second-order valence-electron chi connectivity index (χ2n) is 8.69. The van der Waals surface area contributed by atoms with Crippen molar-refractivity contribution < 1.29 is 14.6 Å². The van der Waals surface area contributed by atoms with Gasteiger partial charge in [-0.05, 0) is 47.9 Å². The predicted molar refractivity (Wildman–Crippen MR) is 135 cm³/mol. The van der Waals surface area contributed by atoms with Crippen LogP contribution in [0.15, 0.2) is 84.9 Å². The molecule has 0 aliphatic carbocycles. The molecule has 3 nitrogen and oxygen atoms in total. The maximum absolute atomic E-state index is 12.0. The molecule has 0 saturated heterocycles. The van der Waals surface area contributed by atoms with Crippen LogP contribution in [0.2, 0.25) is 0 Å². The van der Waals surface area contributed by atoms with Crippen LogP contribution in [0.4, 0.5) is 0 Å². The van der Waals surface area contributed by atoms with Gasteiger partial charge in [-0.1, -0.05) is 111 Å². The van der Waals surface area contributed by atoms with Crippen LogP contribution in [0.5, 0.6) is 0 Å². The molecular weight excluding hydrogens is 408 g/mol. The molecule has 2 atom stereocenters. The zero-order valence-corrected chi connectivity index (χ0v) is 19.7. The highest BCUT2D eigenvalue weighted by Gasteiger charge is 2.32. The number of rotatable bonds is 14. The lowest BCUT2D eigenvalue weighted by Gasteiger charge is -2.26.